The van der Waals surface area contributed by atoms with Crippen LogP contribution in [0.15, 0.2) is 23.1 Å². The number of thiazole rings is 1. The van der Waals surface area contributed by atoms with Crippen LogP contribution in [0.2, 0.25) is 10.0 Å². The van der Waals surface area contributed by atoms with Crippen molar-refractivity contribution in [2.75, 3.05) is 6.54 Å². The van der Waals surface area contributed by atoms with E-state index in [1.807, 2.05) is 13.8 Å². The first-order valence-electron chi connectivity index (χ1n) is 6.17. The molecule has 8 heteroatoms. The van der Waals surface area contributed by atoms with E-state index >= 15 is 0 Å². The molecule has 0 radical (unpaired) electrons. The van der Waals surface area contributed by atoms with Gasteiger partial charge in [0.15, 0.2) is 0 Å². The van der Waals surface area contributed by atoms with Gasteiger partial charge in [-0.15, -0.1) is 11.3 Å². The van der Waals surface area contributed by atoms with Crippen LogP contribution in [0.3, 0.4) is 0 Å². The normalized spacial score (nSPS) is 11.8. The number of nitrogens with zero attached hydrogens (tertiary/aromatic N) is 1. The average molecular weight is 365 g/mol. The Labute approximate surface area is 138 Å². The van der Waals surface area contributed by atoms with E-state index in [0.29, 0.717) is 11.4 Å². The number of benzene rings is 1. The molecule has 0 unspecified atom stereocenters. The second-order valence-corrected chi connectivity index (χ2v) is 8.33. The van der Waals surface area contributed by atoms with Crippen molar-refractivity contribution in [3.05, 3.63) is 43.8 Å². The molecular formula is C13H14Cl2N2O2S2. The van der Waals surface area contributed by atoms with Crippen LogP contribution < -0.4 is 4.72 Å². The lowest BCUT2D eigenvalue weighted by Gasteiger charge is -2.08. The van der Waals surface area contributed by atoms with Gasteiger partial charge in [0, 0.05) is 16.4 Å². The molecule has 0 aliphatic carbocycles. The van der Waals surface area contributed by atoms with Gasteiger partial charge in [0.05, 0.1) is 15.7 Å². The van der Waals surface area contributed by atoms with Crippen molar-refractivity contribution in [1.82, 2.24) is 9.71 Å². The zero-order valence-electron chi connectivity index (χ0n) is 11.5. The second-order valence-electron chi connectivity index (χ2n) is 4.46. The first-order valence-corrected chi connectivity index (χ1v) is 9.23. The van der Waals surface area contributed by atoms with Gasteiger partial charge in [0.25, 0.3) is 0 Å². The molecule has 0 aliphatic rings. The van der Waals surface area contributed by atoms with Crippen LogP contribution in [0.4, 0.5) is 0 Å². The summed E-state index contributed by atoms with van der Waals surface area (Å²) in [5, 5.41) is 1.45. The summed E-state index contributed by atoms with van der Waals surface area (Å²) in [4.78, 5) is 5.38. The summed E-state index contributed by atoms with van der Waals surface area (Å²) in [5.74, 6) is 0. The van der Waals surface area contributed by atoms with Gasteiger partial charge in [-0.25, -0.2) is 18.1 Å². The first-order chi connectivity index (χ1) is 9.79. The molecule has 114 valence electrons. The van der Waals surface area contributed by atoms with Crippen molar-refractivity contribution in [2.45, 2.75) is 25.2 Å². The van der Waals surface area contributed by atoms with E-state index in [-0.39, 0.29) is 16.5 Å². The SMILES string of the molecule is Cc1nc(C)c(CCNS(=O)(=O)c2cc(Cl)ccc2Cl)s1. The Morgan fingerprint density at radius 2 is 2.00 bits per heavy atom. The van der Waals surface area contributed by atoms with Crippen LogP contribution in [0.5, 0.6) is 0 Å². The Bertz CT molecular complexity index is 758. The lowest BCUT2D eigenvalue weighted by atomic mass is 10.3. The van der Waals surface area contributed by atoms with Crippen molar-refractivity contribution < 1.29 is 8.42 Å². The van der Waals surface area contributed by atoms with Gasteiger partial charge >= 0.3 is 0 Å². The van der Waals surface area contributed by atoms with Crippen molar-refractivity contribution in [2.24, 2.45) is 0 Å². The van der Waals surface area contributed by atoms with E-state index in [0.717, 1.165) is 15.6 Å². The third-order valence-electron chi connectivity index (χ3n) is 2.83. The van der Waals surface area contributed by atoms with Crippen molar-refractivity contribution >= 4 is 44.6 Å². The van der Waals surface area contributed by atoms with Crippen LogP contribution in [0.25, 0.3) is 0 Å². The fourth-order valence-corrected chi connectivity index (χ4v) is 4.59. The zero-order valence-corrected chi connectivity index (χ0v) is 14.6. The maximum absolute atomic E-state index is 12.2. The molecule has 2 rings (SSSR count). The minimum atomic E-state index is -3.67. The molecule has 4 nitrogen and oxygen atoms in total. The van der Waals surface area contributed by atoms with E-state index in [2.05, 4.69) is 9.71 Å². The highest BCUT2D eigenvalue weighted by Gasteiger charge is 2.18. The van der Waals surface area contributed by atoms with E-state index in [1.54, 1.807) is 17.4 Å². The third kappa shape index (κ3) is 4.17. The van der Waals surface area contributed by atoms with Crippen LogP contribution in [0, 0.1) is 13.8 Å². The number of aryl methyl sites for hydroxylation is 2. The molecule has 1 aromatic carbocycles. The molecule has 0 saturated carbocycles. The van der Waals surface area contributed by atoms with Gasteiger partial charge in [-0.1, -0.05) is 23.2 Å². The number of halogens is 2. The first kappa shape index (κ1) is 16.7. The number of aromatic nitrogens is 1. The highest BCUT2D eigenvalue weighted by Crippen LogP contribution is 2.25. The Balaban J connectivity index is 2.08. The third-order valence-corrected chi connectivity index (χ3v) is 6.14. The minimum absolute atomic E-state index is 0.00567. The number of rotatable bonds is 5. The van der Waals surface area contributed by atoms with Crippen molar-refractivity contribution in [1.29, 1.82) is 0 Å². The molecule has 1 N–H and O–H groups in total. The maximum atomic E-state index is 12.2. The van der Waals surface area contributed by atoms with Gasteiger partial charge in [-0.3, -0.25) is 0 Å². The van der Waals surface area contributed by atoms with E-state index in [1.165, 1.54) is 12.1 Å². The monoisotopic (exact) mass is 364 g/mol. The smallest absolute Gasteiger partial charge is 0.242 e. The Kier molecular flexibility index (Phi) is 5.27. The van der Waals surface area contributed by atoms with Crippen LogP contribution >= 0.6 is 34.5 Å². The molecule has 0 fully saturated rings. The molecule has 0 amide bonds. The minimum Gasteiger partial charge on any atom is -0.247 e. The van der Waals surface area contributed by atoms with Crippen LogP contribution in [-0.4, -0.2) is 19.9 Å². The molecule has 0 spiro atoms. The summed E-state index contributed by atoms with van der Waals surface area (Å²) in [6.45, 7) is 4.13. The Morgan fingerprint density at radius 3 is 2.62 bits per heavy atom. The molecule has 0 bridgehead atoms. The van der Waals surface area contributed by atoms with Crippen LogP contribution in [0.1, 0.15) is 15.6 Å². The lowest BCUT2D eigenvalue weighted by Crippen LogP contribution is -2.26. The molecule has 0 aliphatic heterocycles. The van der Waals surface area contributed by atoms with Gasteiger partial charge in [-0.05, 0) is 38.5 Å². The average Bonchev–Trinajstić information content (AvgIpc) is 2.70. The van der Waals surface area contributed by atoms with Gasteiger partial charge < -0.3 is 0 Å². The van der Waals surface area contributed by atoms with E-state index in [9.17, 15) is 8.42 Å². The summed E-state index contributed by atoms with van der Waals surface area (Å²) in [5.41, 5.74) is 0.942. The predicted octanol–water partition coefficient (Wildman–Crippen LogP) is 3.59. The van der Waals surface area contributed by atoms with E-state index in [4.69, 9.17) is 23.2 Å². The summed E-state index contributed by atoms with van der Waals surface area (Å²) >= 11 is 13.3. The lowest BCUT2D eigenvalue weighted by molar-refractivity contribution is 0.582. The number of hydrogen-bond acceptors (Lipinski definition) is 4. The fourth-order valence-electron chi connectivity index (χ4n) is 1.87. The summed E-state index contributed by atoms with van der Waals surface area (Å²) in [7, 11) is -3.67. The fraction of sp³-hybridized carbons (Fsp3) is 0.308. The Morgan fingerprint density at radius 1 is 1.29 bits per heavy atom. The standard InChI is InChI=1S/C13H14Cl2N2O2S2/c1-8-12(20-9(2)17-8)5-6-16-21(18,19)13-7-10(14)3-4-11(13)15/h3-4,7,16H,5-6H2,1-2H3. The van der Waals surface area contributed by atoms with Crippen molar-refractivity contribution in [3.8, 4) is 0 Å². The quantitative estimate of drug-likeness (QED) is 0.881. The predicted molar refractivity (Wildman–Crippen MR) is 86.9 cm³/mol. The molecule has 2 aromatic rings. The second kappa shape index (κ2) is 6.62. The molecule has 21 heavy (non-hydrogen) atoms. The van der Waals surface area contributed by atoms with E-state index < -0.39 is 10.0 Å². The number of sulfonamides is 1. The molecule has 0 atom stereocenters. The number of nitrogens with one attached hydrogen (secondary N) is 1. The maximum Gasteiger partial charge on any atom is 0.242 e. The van der Waals surface area contributed by atoms with Crippen LogP contribution in [-0.2, 0) is 16.4 Å². The number of hydrogen-bond donors (Lipinski definition) is 1. The molecular weight excluding hydrogens is 351 g/mol. The van der Waals surface area contributed by atoms with Gasteiger partial charge in [0.2, 0.25) is 10.0 Å². The largest absolute Gasteiger partial charge is 0.247 e. The topological polar surface area (TPSA) is 59.1 Å². The molecule has 0 saturated heterocycles. The summed E-state index contributed by atoms with van der Waals surface area (Å²) in [6.07, 6.45) is 0.592. The molecule has 1 aromatic heterocycles. The highest BCUT2D eigenvalue weighted by molar-refractivity contribution is 7.89. The Hall–Kier alpha value is -0.660. The van der Waals surface area contributed by atoms with Gasteiger partial charge in [0.1, 0.15) is 4.90 Å². The van der Waals surface area contributed by atoms with Gasteiger partial charge in [-0.2, -0.15) is 0 Å². The summed E-state index contributed by atoms with van der Waals surface area (Å²) in [6, 6.07) is 4.36. The van der Waals surface area contributed by atoms with Crippen molar-refractivity contribution in [3.63, 3.8) is 0 Å². The zero-order chi connectivity index (χ0) is 15.6. The molecule has 1 heterocycles. The summed E-state index contributed by atoms with van der Waals surface area (Å²) < 4.78 is 27.0. The highest BCUT2D eigenvalue weighted by atomic mass is 35.5.